The van der Waals surface area contributed by atoms with Gasteiger partial charge >= 0.3 is 0 Å². The second-order valence-electron chi connectivity index (χ2n) is 5.30. The van der Waals surface area contributed by atoms with Crippen LogP contribution in [0.2, 0.25) is 0 Å². The minimum atomic E-state index is 0.110. The minimum absolute atomic E-state index is 0.110. The fourth-order valence-electron chi connectivity index (χ4n) is 2.04. The van der Waals surface area contributed by atoms with Crippen molar-refractivity contribution in [2.75, 3.05) is 17.7 Å². The van der Waals surface area contributed by atoms with Crippen LogP contribution in [-0.4, -0.2) is 17.6 Å². The average Bonchev–Trinajstić information content (AvgIpc) is 2.38. The van der Waals surface area contributed by atoms with Gasteiger partial charge in [0.1, 0.15) is 0 Å². The number of benzene rings is 1. The summed E-state index contributed by atoms with van der Waals surface area (Å²) in [6.45, 7) is 6.69. The van der Waals surface area contributed by atoms with Crippen molar-refractivity contribution in [3.05, 3.63) is 30.5 Å². The van der Waals surface area contributed by atoms with E-state index in [0.717, 1.165) is 23.0 Å². The smallest absolute Gasteiger partial charge is 0.0951 e. The topological polar surface area (TPSA) is 42.2 Å². The van der Waals surface area contributed by atoms with Crippen LogP contribution in [0.25, 0.3) is 10.9 Å². The summed E-state index contributed by atoms with van der Waals surface area (Å²) in [5, 5.41) is 1.11. The molecule has 0 spiro atoms. The minimum Gasteiger partial charge on any atom is -0.397 e. The van der Waals surface area contributed by atoms with Crippen LogP contribution >= 0.6 is 0 Å². The Morgan fingerprint density at radius 3 is 2.67 bits per heavy atom. The van der Waals surface area contributed by atoms with E-state index in [9.17, 15) is 0 Å². The van der Waals surface area contributed by atoms with Crippen LogP contribution in [0.5, 0.6) is 0 Å². The molecular formula is C15H21N3. The number of hydrogen-bond acceptors (Lipinski definition) is 3. The van der Waals surface area contributed by atoms with Crippen LogP contribution in [0.1, 0.15) is 27.2 Å². The highest BCUT2D eigenvalue weighted by molar-refractivity contribution is 5.98. The van der Waals surface area contributed by atoms with E-state index in [1.165, 1.54) is 5.69 Å². The number of nitrogens with two attached hydrogens (primary N) is 1. The molecule has 2 N–H and O–H groups in total. The molecule has 0 unspecified atom stereocenters. The van der Waals surface area contributed by atoms with Crippen molar-refractivity contribution in [3.8, 4) is 0 Å². The Balaban J connectivity index is 2.62. The maximum Gasteiger partial charge on any atom is 0.0951 e. The van der Waals surface area contributed by atoms with E-state index >= 15 is 0 Å². The van der Waals surface area contributed by atoms with Gasteiger partial charge in [0.05, 0.1) is 11.2 Å². The molecule has 2 rings (SSSR count). The Labute approximate surface area is 109 Å². The van der Waals surface area contributed by atoms with Crippen molar-refractivity contribution in [1.29, 1.82) is 0 Å². The van der Waals surface area contributed by atoms with Crippen molar-refractivity contribution < 1.29 is 0 Å². The fourth-order valence-corrected chi connectivity index (χ4v) is 2.04. The summed E-state index contributed by atoms with van der Waals surface area (Å²) in [4.78, 5) is 6.68. The highest BCUT2D eigenvalue weighted by Crippen LogP contribution is 2.32. The van der Waals surface area contributed by atoms with Gasteiger partial charge in [-0.2, -0.15) is 0 Å². The molecule has 0 radical (unpaired) electrons. The molecule has 0 amide bonds. The largest absolute Gasteiger partial charge is 0.397 e. The number of aromatic nitrogens is 1. The van der Waals surface area contributed by atoms with Crippen LogP contribution in [0.15, 0.2) is 30.5 Å². The van der Waals surface area contributed by atoms with Gasteiger partial charge in [-0.25, -0.2) is 0 Å². The van der Waals surface area contributed by atoms with Gasteiger partial charge in [0.25, 0.3) is 0 Å². The SMILES string of the molecule is CCC(C)(C)N(C)c1ccnc2c(N)cccc12. The highest BCUT2D eigenvalue weighted by Gasteiger charge is 2.23. The van der Waals surface area contributed by atoms with Crippen molar-refractivity contribution >= 4 is 22.3 Å². The summed E-state index contributed by atoms with van der Waals surface area (Å²) in [5.74, 6) is 0. The van der Waals surface area contributed by atoms with Gasteiger partial charge in [-0.05, 0) is 32.4 Å². The van der Waals surface area contributed by atoms with E-state index in [-0.39, 0.29) is 5.54 Å². The zero-order valence-electron chi connectivity index (χ0n) is 11.6. The molecule has 0 bridgehead atoms. The summed E-state index contributed by atoms with van der Waals surface area (Å²) < 4.78 is 0. The maximum atomic E-state index is 5.99. The first kappa shape index (κ1) is 12.7. The van der Waals surface area contributed by atoms with E-state index < -0.39 is 0 Å². The quantitative estimate of drug-likeness (QED) is 0.840. The van der Waals surface area contributed by atoms with E-state index in [4.69, 9.17) is 5.73 Å². The zero-order chi connectivity index (χ0) is 13.3. The van der Waals surface area contributed by atoms with Crippen LogP contribution in [-0.2, 0) is 0 Å². The Kier molecular flexibility index (Phi) is 3.16. The summed E-state index contributed by atoms with van der Waals surface area (Å²) in [6.07, 6.45) is 2.91. The number of fused-ring (bicyclic) bond motifs is 1. The molecule has 0 fully saturated rings. The third-order valence-electron chi connectivity index (χ3n) is 3.91. The van der Waals surface area contributed by atoms with Crippen molar-refractivity contribution in [2.24, 2.45) is 0 Å². The van der Waals surface area contributed by atoms with Gasteiger partial charge in [0, 0.05) is 29.9 Å². The molecule has 3 heteroatoms. The third kappa shape index (κ3) is 2.01. The first-order valence-electron chi connectivity index (χ1n) is 6.34. The van der Waals surface area contributed by atoms with Crippen molar-refractivity contribution in [1.82, 2.24) is 4.98 Å². The summed E-state index contributed by atoms with van der Waals surface area (Å²) in [6, 6.07) is 8.01. The Morgan fingerprint density at radius 2 is 2.00 bits per heavy atom. The lowest BCUT2D eigenvalue weighted by Crippen LogP contribution is -2.40. The maximum absolute atomic E-state index is 5.99. The molecule has 3 nitrogen and oxygen atoms in total. The molecule has 2 aromatic rings. The van der Waals surface area contributed by atoms with Gasteiger partial charge in [0.2, 0.25) is 0 Å². The van der Waals surface area contributed by atoms with E-state index in [0.29, 0.717) is 0 Å². The number of para-hydroxylation sites is 1. The number of nitrogens with zero attached hydrogens (tertiary/aromatic N) is 2. The van der Waals surface area contributed by atoms with Gasteiger partial charge in [-0.3, -0.25) is 4.98 Å². The van der Waals surface area contributed by atoms with E-state index in [1.54, 1.807) is 0 Å². The molecule has 1 aromatic carbocycles. The van der Waals surface area contributed by atoms with Crippen LogP contribution in [0.3, 0.4) is 0 Å². The number of hydrogen-bond donors (Lipinski definition) is 1. The van der Waals surface area contributed by atoms with Gasteiger partial charge in [-0.15, -0.1) is 0 Å². The first-order chi connectivity index (χ1) is 8.47. The standard InChI is InChI=1S/C15H21N3/c1-5-15(2,3)18(4)13-9-10-17-14-11(13)7-6-8-12(14)16/h6-10H,5,16H2,1-4H3. The number of pyridine rings is 1. The molecule has 18 heavy (non-hydrogen) atoms. The molecule has 0 atom stereocenters. The molecule has 0 saturated carbocycles. The second kappa shape index (κ2) is 4.48. The summed E-state index contributed by atoms with van der Waals surface area (Å²) in [5.41, 5.74) is 8.89. The third-order valence-corrected chi connectivity index (χ3v) is 3.91. The van der Waals surface area contributed by atoms with Gasteiger partial charge in [-0.1, -0.05) is 19.1 Å². The van der Waals surface area contributed by atoms with Gasteiger partial charge < -0.3 is 10.6 Å². The highest BCUT2D eigenvalue weighted by atomic mass is 15.2. The molecular weight excluding hydrogens is 222 g/mol. The first-order valence-corrected chi connectivity index (χ1v) is 6.34. The monoisotopic (exact) mass is 243 g/mol. The molecule has 1 aromatic heterocycles. The Morgan fingerprint density at radius 1 is 1.28 bits per heavy atom. The predicted molar refractivity (Wildman–Crippen MR) is 78.9 cm³/mol. The lowest BCUT2D eigenvalue weighted by atomic mass is 9.98. The molecule has 0 aliphatic carbocycles. The number of anilines is 2. The second-order valence-corrected chi connectivity index (χ2v) is 5.30. The summed E-state index contributed by atoms with van der Waals surface area (Å²) >= 11 is 0. The number of rotatable bonds is 3. The fraction of sp³-hybridized carbons (Fsp3) is 0.400. The van der Waals surface area contributed by atoms with E-state index in [1.807, 2.05) is 18.3 Å². The van der Waals surface area contributed by atoms with Crippen LogP contribution in [0.4, 0.5) is 11.4 Å². The molecule has 0 saturated heterocycles. The van der Waals surface area contributed by atoms with Crippen LogP contribution < -0.4 is 10.6 Å². The van der Waals surface area contributed by atoms with Crippen molar-refractivity contribution in [2.45, 2.75) is 32.7 Å². The molecule has 1 heterocycles. The lowest BCUT2D eigenvalue weighted by Gasteiger charge is -2.37. The summed E-state index contributed by atoms with van der Waals surface area (Å²) in [7, 11) is 2.13. The van der Waals surface area contributed by atoms with Crippen molar-refractivity contribution in [3.63, 3.8) is 0 Å². The average molecular weight is 243 g/mol. The lowest BCUT2D eigenvalue weighted by molar-refractivity contribution is 0.472. The van der Waals surface area contributed by atoms with E-state index in [2.05, 4.69) is 49.8 Å². The predicted octanol–water partition coefficient (Wildman–Crippen LogP) is 3.44. The Bertz CT molecular complexity index is 561. The normalized spacial score (nSPS) is 11.8. The van der Waals surface area contributed by atoms with Crippen LogP contribution in [0, 0.1) is 0 Å². The van der Waals surface area contributed by atoms with Gasteiger partial charge in [0.15, 0.2) is 0 Å². The number of nitrogen functional groups attached to an aromatic ring is 1. The zero-order valence-corrected chi connectivity index (χ0v) is 11.6. The molecule has 0 aliphatic rings. The molecule has 96 valence electrons. The Hall–Kier alpha value is -1.77. The molecule has 0 aliphatic heterocycles.